The third-order valence-corrected chi connectivity index (χ3v) is 10.3. The van der Waals surface area contributed by atoms with Crippen molar-refractivity contribution >= 4 is 60.7 Å². The van der Waals surface area contributed by atoms with Crippen LogP contribution in [0.4, 0.5) is 17.1 Å². The molecule has 0 aliphatic rings. The van der Waals surface area contributed by atoms with E-state index in [9.17, 15) is 31.6 Å². The molecule has 0 aliphatic carbocycles. The molecule has 260 valence electrons. The van der Waals surface area contributed by atoms with Crippen LogP contribution < -0.4 is 4.90 Å². The van der Waals surface area contributed by atoms with Crippen molar-refractivity contribution in [2.75, 3.05) is 4.90 Å². The maximum absolute atomic E-state index is 10.2. The lowest BCUT2D eigenvalue weighted by molar-refractivity contribution is 1.15. The smallest absolute Gasteiger partial charge is 0.101 e. The molecular weight excluding hydrogens is 703 g/mol. The molecule has 2 heterocycles. The van der Waals surface area contributed by atoms with E-state index in [1.54, 1.807) is 0 Å². The summed E-state index contributed by atoms with van der Waals surface area (Å²) in [5.41, 5.74) is 7.99. The molecule has 0 saturated heterocycles. The maximum atomic E-state index is 10.2. The topological polar surface area (TPSA) is 156 Å². The zero-order chi connectivity index (χ0) is 39.2. The fourth-order valence-corrected chi connectivity index (χ4v) is 7.93. The van der Waals surface area contributed by atoms with Crippen molar-refractivity contribution < 1.29 is 0 Å². The fraction of sp³-hybridized carbons (Fsp3) is 0. The monoisotopic (exact) mass is 725 g/mol. The Balaban J connectivity index is 1.30. The number of benzene rings is 7. The van der Waals surface area contributed by atoms with E-state index in [4.69, 9.17) is 0 Å². The van der Waals surface area contributed by atoms with E-state index in [0.29, 0.717) is 11.4 Å². The number of hydrogen-bond acceptors (Lipinski definition) is 7. The number of hydrogen-bond donors (Lipinski definition) is 0. The lowest BCUT2D eigenvalue weighted by atomic mass is 10.0. The third kappa shape index (κ3) is 5.19. The summed E-state index contributed by atoms with van der Waals surface area (Å²) in [5, 5.41) is 63.8. The van der Waals surface area contributed by atoms with E-state index >= 15 is 0 Å². The molecule has 57 heavy (non-hydrogen) atoms. The number of para-hydroxylation sites is 3. The highest BCUT2D eigenvalue weighted by Crippen LogP contribution is 2.43. The molecule has 0 atom stereocenters. The van der Waals surface area contributed by atoms with Gasteiger partial charge in [-0.2, -0.15) is 31.6 Å². The van der Waals surface area contributed by atoms with E-state index < -0.39 is 0 Å². The minimum atomic E-state index is 0.223. The summed E-state index contributed by atoms with van der Waals surface area (Å²) in [5.74, 6) is 0. The largest absolute Gasteiger partial charge is 0.310 e. The summed E-state index contributed by atoms with van der Waals surface area (Å²) in [7, 11) is 0. The second-order valence-electron chi connectivity index (χ2n) is 13.3. The molecular formula is C48H23N9. The van der Waals surface area contributed by atoms with Crippen LogP contribution in [0.3, 0.4) is 0 Å². The summed E-state index contributed by atoms with van der Waals surface area (Å²) >= 11 is 0. The SMILES string of the molecule is N#Cc1cc(C#N)c(-n2c3ccccc3c3cc(N(c4ccccc4)c4ccc5c(c4)c4ccccc4n5-c4c(C#N)cc(C#N)cc4C#N)ccc32)c(C#N)c1. The molecule has 0 unspecified atom stereocenters. The van der Waals surface area contributed by atoms with Crippen LogP contribution >= 0.6 is 0 Å². The minimum Gasteiger partial charge on any atom is -0.310 e. The first-order valence-corrected chi connectivity index (χ1v) is 17.7. The van der Waals surface area contributed by atoms with Crippen molar-refractivity contribution in [3.05, 3.63) is 173 Å². The van der Waals surface area contributed by atoms with Crippen LogP contribution in [0.2, 0.25) is 0 Å². The van der Waals surface area contributed by atoms with Crippen molar-refractivity contribution in [3.8, 4) is 47.8 Å². The number of nitrogens with zero attached hydrogens (tertiary/aromatic N) is 9. The fourth-order valence-electron chi connectivity index (χ4n) is 7.93. The van der Waals surface area contributed by atoms with Gasteiger partial charge in [0, 0.05) is 38.6 Å². The van der Waals surface area contributed by atoms with Crippen LogP contribution in [-0.2, 0) is 0 Å². The molecule has 0 saturated carbocycles. The van der Waals surface area contributed by atoms with E-state index in [2.05, 4.69) is 53.4 Å². The summed E-state index contributed by atoms with van der Waals surface area (Å²) in [4.78, 5) is 2.16. The molecule has 0 fully saturated rings. The first-order valence-electron chi connectivity index (χ1n) is 17.7. The second kappa shape index (κ2) is 13.4. The normalized spacial score (nSPS) is 10.7. The Morgan fingerprint density at radius 1 is 0.333 bits per heavy atom. The molecule has 0 aliphatic heterocycles. The van der Waals surface area contributed by atoms with Gasteiger partial charge in [0.05, 0.1) is 79.0 Å². The average Bonchev–Trinajstić information content (AvgIpc) is 3.77. The maximum Gasteiger partial charge on any atom is 0.101 e. The average molecular weight is 726 g/mol. The first kappa shape index (κ1) is 33.7. The van der Waals surface area contributed by atoms with Crippen molar-refractivity contribution in [3.63, 3.8) is 0 Å². The second-order valence-corrected chi connectivity index (χ2v) is 13.3. The predicted molar refractivity (Wildman–Crippen MR) is 218 cm³/mol. The van der Waals surface area contributed by atoms with Gasteiger partial charge in [-0.15, -0.1) is 0 Å². The molecule has 7 aromatic carbocycles. The molecule has 2 aromatic heterocycles. The lowest BCUT2D eigenvalue weighted by Crippen LogP contribution is -2.10. The highest BCUT2D eigenvalue weighted by Gasteiger charge is 2.23. The summed E-state index contributed by atoms with van der Waals surface area (Å²) in [6.07, 6.45) is 0. The van der Waals surface area contributed by atoms with Gasteiger partial charge in [0.1, 0.15) is 24.3 Å². The molecule has 0 radical (unpaired) electrons. The van der Waals surface area contributed by atoms with Gasteiger partial charge in [-0.05, 0) is 84.9 Å². The van der Waals surface area contributed by atoms with Crippen molar-refractivity contribution in [1.82, 2.24) is 9.13 Å². The number of fused-ring (bicyclic) bond motifs is 6. The Morgan fingerprint density at radius 3 is 1.09 bits per heavy atom. The zero-order valence-corrected chi connectivity index (χ0v) is 29.8. The molecule has 9 heteroatoms. The van der Waals surface area contributed by atoms with E-state index in [-0.39, 0.29) is 33.4 Å². The van der Waals surface area contributed by atoms with E-state index in [1.165, 1.54) is 24.3 Å². The lowest BCUT2D eigenvalue weighted by Gasteiger charge is -2.26. The van der Waals surface area contributed by atoms with E-state index in [0.717, 1.165) is 60.7 Å². The van der Waals surface area contributed by atoms with Gasteiger partial charge in [0.25, 0.3) is 0 Å². The summed E-state index contributed by atoms with van der Waals surface area (Å²) in [6.45, 7) is 0. The van der Waals surface area contributed by atoms with Gasteiger partial charge in [0.2, 0.25) is 0 Å². The Labute approximate surface area is 326 Å². The zero-order valence-electron chi connectivity index (χ0n) is 29.8. The molecule has 0 spiro atoms. The predicted octanol–water partition coefficient (Wildman–Crippen LogP) is 10.6. The highest BCUT2D eigenvalue weighted by atomic mass is 15.1. The van der Waals surface area contributed by atoms with Crippen LogP contribution in [0.25, 0.3) is 55.0 Å². The van der Waals surface area contributed by atoms with Gasteiger partial charge in [0.15, 0.2) is 0 Å². The Bertz CT molecular complexity index is 3160. The molecule has 9 rings (SSSR count). The third-order valence-electron chi connectivity index (χ3n) is 10.3. The van der Waals surface area contributed by atoms with Gasteiger partial charge < -0.3 is 14.0 Å². The van der Waals surface area contributed by atoms with Crippen molar-refractivity contribution in [1.29, 1.82) is 31.6 Å². The number of rotatable bonds is 5. The summed E-state index contributed by atoms with van der Waals surface area (Å²) in [6, 6.07) is 56.9. The number of aromatic nitrogens is 2. The standard InChI is InChI=1S/C48H23N9/c49-24-30-18-32(26-51)47(33(19-30)27-52)56-43-12-6-4-10-39(43)41-22-37(14-16-45(41)56)55(36-8-2-1-3-9-36)38-15-17-46-42(23-38)40-11-5-7-13-44(40)57(46)48-34(28-53)20-31(25-50)21-35(48)29-54/h1-23H. The van der Waals surface area contributed by atoms with Crippen LogP contribution in [0.1, 0.15) is 33.4 Å². The van der Waals surface area contributed by atoms with Crippen LogP contribution in [0, 0.1) is 68.0 Å². The number of nitriles is 6. The van der Waals surface area contributed by atoms with Gasteiger partial charge >= 0.3 is 0 Å². The van der Waals surface area contributed by atoms with Crippen molar-refractivity contribution in [2.45, 2.75) is 0 Å². The Kier molecular flexibility index (Phi) is 7.91. The first-order chi connectivity index (χ1) is 28.0. The molecule has 0 N–H and O–H groups in total. The highest BCUT2D eigenvalue weighted by molar-refractivity contribution is 6.13. The summed E-state index contributed by atoms with van der Waals surface area (Å²) < 4.78 is 3.85. The van der Waals surface area contributed by atoms with Gasteiger partial charge in [-0.3, -0.25) is 0 Å². The minimum absolute atomic E-state index is 0.223. The molecule has 0 amide bonds. The van der Waals surface area contributed by atoms with Gasteiger partial charge in [-0.25, -0.2) is 0 Å². The Hall–Kier alpha value is -9.12. The quantitative estimate of drug-likeness (QED) is 0.171. The van der Waals surface area contributed by atoms with Gasteiger partial charge in [-0.1, -0.05) is 54.6 Å². The van der Waals surface area contributed by atoms with Crippen LogP contribution in [0.5, 0.6) is 0 Å². The van der Waals surface area contributed by atoms with Crippen molar-refractivity contribution in [2.24, 2.45) is 0 Å². The molecule has 0 bridgehead atoms. The molecule has 9 aromatic rings. The number of anilines is 3. The molecule has 9 nitrogen and oxygen atoms in total. The van der Waals surface area contributed by atoms with Crippen LogP contribution in [-0.4, -0.2) is 9.13 Å². The van der Waals surface area contributed by atoms with Crippen LogP contribution in [0.15, 0.2) is 140 Å². The van der Waals surface area contributed by atoms with E-state index in [1.807, 2.05) is 112 Å². The Morgan fingerprint density at radius 2 is 0.702 bits per heavy atom.